The highest BCUT2D eigenvalue weighted by molar-refractivity contribution is 5.85. The first kappa shape index (κ1) is 13.4. The molecule has 0 saturated heterocycles. The maximum atomic E-state index is 11.9. The number of rotatable bonds is 4. The zero-order chi connectivity index (χ0) is 13.0. The minimum Gasteiger partial charge on any atom is -0.397 e. The average Bonchev–Trinajstić information content (AvgIpc) is 2.31. The van der Waals surface area contributed by atoms with Crippen LogP contribution in [0.3, 0.4) is 0 Å². The highest BCUT2D eigenvalue weighted by atomic mass is 16.2. The number of carbonyl (C=O) groups excluding carboxylic acids is 1. The van der Waals surface area contributed by atoms with E-state index in [2.05, 4.69) is 5.32 Å². The van der Waals surface area contributed by atoms with Crippen molar-refractivity contribution in [3.8, 4) is 0 Å². The van der Waals surface area contributed by atoms with Gasteiger partial charge >= 0.3 is 0 Å². The van der Waals surface area contributed by atoms with E-state index in [9.17, 15) is 4.79 Å². The number of hydrogen-bond donors (Lipinski definition) is 2. The SMILES string of the molecule is CCN(C)C(=O)C(C)Nc1cc(C)ccc1N. The molecule has 0 saturated carbocycles. The molecule has 1 rings (SSSR count). The van der Waals surface area contributed by atoms with E-state index in [1.807, 2.05) is 39.0 Å². The summed E-state index contributed by atoms with van der Waals surface area (Å²) in [7, 11) is 1.79. The van der Waals surface area contributed by atoms with Crippen LogP contribution in [0.4, 0.5) is 11.4 Å². The predicted molar refractivity (Wildman–Crippen MR) is 72.0 cm³/mol. The molecule has 4 heteroatoms. The summed E-state index contributed by atoms with van der Waals surface area (Å²) in [5.41, 5.74) is 8.45. The molecular weight excluding hydrogens is 214 g/mol. The van der Waals surface area contributed by atoms with Crippen molar-refractivity contribution in [2.24, 2.45) is 0 Å². The van der Waals surface area contributed by atoms with E-state index in [1.165, 1.54) is 0 Å². The van der Waals surface area contributed by atoms with E-state index in [0.29, 0.717) is 12.2 Å². The van der Waals surface area contributed by atoms with Crippen LogP contribution in [-0.4, -0.2) is 30.4 Å². The van der Waals surface area contributed by atoms with Crippen LogP contribution in [-0.2, 0) is 4.79 Å². The number of anilines is 2. The fourth-order valence-electron chi connectivity index (χ4n) is 1.58. The fourth-order valence-corrected chi connectivity index (χ4v) is 1.58. The second-order valence-electron chi connectivity index (χ2n) is 4.31. The highest BCUT2D eigenvalue weighted by Crippen LogP contribution is 2.20. The Kier molecular flexibility index (Phi) is 4.37. The summed E-state index contributed by atoms with van der Waals surface area (Å²) in [6.45, 7) is 6.49. The molecule has 1 aromatic rings. The van der Waals surface area contributed by atoms with Gasteiger partial charge in [0.15, 0.2) is 0 Å². The number of nitrogen functional groups attached to an aromatic ring is 1. The Morgan fingerprint density at radius 1 is 1.53 bits per heavy atom. The summed E-state index contributed by atoms with van der Waals surface area (Å²) >= 11 is 0. The lowest BCUT2D eigenvalue weighted by molar-refractivity contribution is -0.130. The van der Waals surface area contributed by atoms with Gasteiger partial charge in [0.25, 0.3) is 0 Å². The van der Waals surface area contributed by atoms with Crippen molar-refractivity contribution in [2.45, 2.75) is 26.8 Å². The Bertz CT molecular complexity index is 404. The van der Waals surface area contributed by atoms with Crippen molar-refractivity contribution in [1.29, 1.82) is 0 Å². The summed E-state index contributed by atoms with van der Waals surface area (Å²) in [4.78, 5) is 13.6. The number of aryl methyl sites for hydroxylation is 1. The molecule has 4 nitrogen and oxygen atoms in total. The average molecular weight is 235 g/mol. The van der Waals surface area contributed by atoms with Crippen LogP contribution in [0.5, 0.6) is 0 Å². The molecule has 0 fully saturated rings. The fraction of sp³-hybridized carbons (Fsp3) is 0.462. The number of likely N-dealkylation sites (N-methyl/N-ethyl adjacent to an activating group) is 1. The number of nitrogens with zero attached hydrogens (tertiary/aromatic N) is 1. The molecule has 0 aliphatic carbocycles. The van der Waals surface area contributed by atoms with Gasteiger partial charge in [-0.1, -0.05) is 6.07 Å². The van der Waals surface area contributed by atoms with Gasteiger partial charge in [-0.25, -0.2) is 0 Å². The molecule has 1 unspecified atom stereocenters. The van der Waals surface area contributed by atoms with Crippen molar-refractivity contribution >= 4 is 17.3 Å². The van der Waals surface area contributed by atoms with E-state index in [-0.39, 0.29) is 11.9 Å². The first-order valence-corrected chi connectivity index (χ1v) is 5.83. The lowest BCUT2D eigenvalue weighted by Gasteiger charge is -2.22. The van der Waals surface area contributed by atoms with Gasteiger partial charge in [0.1, 0.15) is 6.04 Å². The molecule has 94 valence electrons. The smallest absolute Gasteiger partial charge is 0.244 e. The quantitative estimate of drug-likeness (QED) is 0.783. The largest absolute Gasteiger partial charge is 0.397 e. The third-order valence-electron chi connectivity index (χ3n) is 2.80. The normalized spacial score (nSPS) is 12.0. The molecule has 1 amide bonds. The van der Waals surface area contributed by atoms with E-state index < -0.39 is 0 Å². The van der Waals surface area contributed by atoms with Gasteiger partial charge in [0, 0.05) is 13.6 Å². The minimum atomic E-state index is -0.274. The van der Waals surface area contributed by atoms with Gasteiger partial charge < -0.3 is 16.0 Å². The van der Waals surface area contributed by atoms with Gasteiger partial charge in [0.05, 0.1) is 11.4 Å². The van der Waals surface area contributed by atoms with E-state index in [4.69, 9.17) is 5.73 Å². The Hall–Kier alpha value is -1.71. The van der Waals surface area contributed by atoms with Crippen LogP contribution < -0.4 is 11.1 Å². The van der Waals surface area contributed by atoms with Gasteiger partial charge in [-0.15, -0.1) is 0 Å². The number of hydrogen-bond acceptors (Lipinski definition) is 3. The molecular formula is C13H21N3O. The first-order chi connectivity index (χ1) is 7.95. The molecule has 0 radical (unpaired) electrons. The van der Waals surface area contributed by atoms with Crippen LogP contribution >= 0.6 is 0 Å². The zero-order valence-corrected chi connectivity index (χ0v) is 10.9. The number of nitrogens with two attached hydrogens (primary N) is 1. The van der Waals surface area contributed by atoms with Crippen molar-refractivity contribution in [1.82, 2.24) is 4.90 Å². The minimum absolute atomic E-state index is 0.0633. The third kappa shape index (κ3) is 3.37. The van der Waals surface area contributed by atoms with E-state index in [1.54, 1.807) is 11.9 Å². The molecule has 0 spiro atoms. The summed E-state index contributed by atoms with van der Waals surface area (Å²) < 4.78 is 0. The molecule has 3 N–H and O–H groups in total. The zero-order valence-electron chi connectivity index (χ0n) is 10.9. The monoisotopic (exact) mass is 235 g/mol. The van der Waals surface area contributed by atoms with Crippen molar-refractivity contribution in [2.75, 3.05) is 24.6 Å². The summed E-state index contributed by atoms with van der Waals surface area (Å²) in [5, 5.41) is 3.15. The van der Waals surface area contributed by atoms with Crippen LogP contribution in [0.25, 0.3) is 0 Å². The van der Waals surface area contributed by atoms with E-state index in [0.717, 1.165) is 11.3 Å². The number of nitrogens with one attached hydrogen (secondary N) is 1. The van der Waals surface area contributed by atoms with Gasteiger partial charge in [-0.2, -0.15) is 0 Å². The maximum absolute atomic E-state index is 11.9. The van der Waals surface area contributed by atoms with Crippen molar-refractivity contribution < 1.29 is 4.79 Å². The van der Waals surface area contributed by atoms with Crippen LogP contribution in [0.2, 0.25) is 0 Å². The molecule has 1 aromatic carbocycles. The lowest BCUT2D eigenvalue weighted by Crippen LogP contribution is -2.38. The van der Waals surface area contributed by atoms with Crippen LogP contribution in [0, 0.1) is 6.92 Å². The second kappa shape index (κ2) is 5.57. The number of carbonyl (C=O) groups is 1. The molecule has 0 heterocycles. The van der Waals surface area contributed by atoms with Gasteiger partial charge in [-0.05, 0) is 38.5 Å². The first-order valence-electron chi connectivity index (χ1n) is 5.83. The van der Waals surface area contributed by atoms with Crippen molar-refractivity contribution in [3.05, 3.63) is 23.8 Å². The highest BCUT2D eigenvalue weighted by Gasteiger charge is 2.16. The maximum Gasteiger partial charge on any atom is 0.244 e. The van der Waals surface area contributed by atoms with Gasteiger partial charge in [-0.3, -0.25) is 4.79 Å². The van der Waals surface area contributed by atoms with E-state index >= 15 is 0 Å². The Morgan fingerprint density at radius 3 is 2.76 bits per heavy atom. The standard InChI is InChI=1S/C13H21N3O/c1-5-16(4)13(17)10(3)15-12-8-9(2)6-7-11(12)14/h6-8,10,15H,5,14H2,1-4H3. The Labute approximate surface area is 103 Å². The Morgan fingerprint density at radius 2 is 2.18 bits per heavy atom. The van der Waals surface area contributed by atoms with Crippen molar-refractivity contribution in [3.63, 3.8) is 0 Å². The second-order valence-corrected chi connectivity index (χ2v) is 4.31. The molecule has 0 bridgehead atoms. The van der Waals surface area contributed by atoms with Gasteiger partial charge in [0.2, 0.25) is 5.91 Å². The molecule has 0 aromatic heterocycles. The molecule has 0 aliphatic rings. The topological polar surface area (TPSA) is 58.4 Å². The molecule has 17 heavy (non-hydrogen) atoms. The number of benzene rings is 1. The van der Waals surface area contributed by atoms with Crippen LogP contribution in [0.15, 0.2) is 18.2 Å². The summed E-state index contributed by atoms with van der Waals surface area (Å²) in [6, 6.07) is 5.47. The summed E-state index contributed by atoms with van der Waals surface area (Å²) in [5.74, 6) is 0.0633. The van der Waals surface area contributed by atoms with Crippen LogP contribution in [0.1, 0.15) is 19.4 Å². The molecule has 1 atom stereocenters. The lowest BCUT2D eigenvalue weighted by atomic mass is 10.1. The third-order valence-corrected chi connectivity index (χ3v) is 2.80. The Balaban J connectivity index is 2.77. The number of amides is 1. The predicted octanol–water partition coefficient (Wildman–Crippen LogP) is 1.86. The summed E-state index contributed by atoms with van der Waals surface area (Å²) in [6.07, 6.45) is 0. The molecule has 0 aliphatic heterocycles.